The summed E-state index contributed by atoms with van der Waals surface area (Å²) in [6.45, 7) is 0.418. The Balaban J connectivity index is 2.02. The summed E-state index contributed by atoms with van der Waals surface area (Å²) in [6, 6.07) is 4.01. The van der Waals surface area contributed by atoms with E-state index in [1.807, 2.05) is 0 Å². The molecule has 7 heteroatoms. The minimum Gasteiger partial charge on any atom is -0.383 e. The molecule has 2 N–H and O–H groups in total. The van der Waals surface area contributed by atoms with E-state index in [2.05, 4.69) is 10.1 Å². The summed E-state index contributed by atoms with van der Waals surface area (Å²) in [7, 11) is 1.58. The van der Waals surface area contributed by atoms with E-state index in [1.54, 1.807) is 13.2 Å². The van der Waals surface area contributed by atoms with E-state index >= 15 is 0 Å². The Bertz CT molecular complexity index is 576. The van der Waals surface area contributed by atoms with E-state index in [1.165, 1.54) is 12.1 Å². The first-order chi connectivity index (χ1) is 9.58. The predicted octanol–water partition coefficient (Wildman–Crippen LogP) is 1.97. The fraction of sp³-hybridized carbons (Fsp3) is 0.385. The van der Waals surface area contributed by atoms with Gasteiger partial charge in [0, 0.05) is 31.0 Å². The highest BCUT2D eigenvalue weighted by Crippen LogP contribution is 2.19. The summed E-state index contributed by atoms with van der Waals surface area (Å²) in [5.41, 5.74) is 6.54. The van der Waals surface area contributed by atoms with E-state index in [-0.39, 0.29) is 11.9 Å². The van der Waals surface area contributed by atoms with Crippen LogP contribution in [0.1, 0.15) is 17.3 Å². The number of hydrogen-bond donors (Lipinski definition) is 1. The lowest BCUT2D eigenvalue weighted by Gasteiger charge is -2.05. The van der Waals surface area contributed by atoms with Crippen molar-refractivity contribution in [1.29, 1.82) is 0 Å². The molecule has 1 heterocycles. The topological polar surface area (TPSA) is 74.2 Å². The van der Waals surface area contributed by atoms with Crippen LogP contribution in [-0.2, 0) is 17.6 Å². The summed E-state index contributed by atoms with van der Waals surface area (Å²) < 4.78 is 23.0. The first-order valence-corrected chi connectivity index (χ1v) is 6.46. The van der Waals surface area contributed by atoms with Gasteiger partial charge in [0.2, 0.25) is 5.89 Å². The molecule has 0 amide bonds. The number of halogens is 2. The summed E-state index contributed by atoms with van der Waals surface area (Å²) in [4.78, 5) is 4.23. The van der Waals surface area contributed by atoms with Gasteiger partial charge in [-0.25, -0.2) is 4.39 Å². The maximum atomic E-state index is 12.9. The number of nitrogens with zero attached hydrogens (tertiary/aromatic N) is 2. The molecule has 0 fully saturated rings. The van der Waals surface area contributed by atoms with Gasteiger partial charge in [0.15, 0.2) is 5.82 Å². The number of methoxy groups -OCH3 is 1. The van der Waals surface area contributed by atoms with Gasteiger partial charge >= 0.3 is 0 Å². The maximum Gasteiger partial charge on any atom is 0.228 e. The Hall–Kier alpha value is -1.50. The van der Waals surface area contributed by atoms with Crippen LogP contribution >= 0.6 is 11.6 Å². The Labute approximate surface area is 120 Å². The second-order valence-electron chi connectivity index (χ2n) is 4.44. The third-order valence-corrected chi connectivity index (χ3v) is 3.04. The van der Waals surface area contributed by atoms with Gasteiger partial charge < -0.3 is 15.0 Å². The summed E-state index contributed by atoms with van der Waals surface area (Å²) in [5.74, 6) is 0.555. The molecule has 0 aliphatic carbocycles. The Kier molecular flexibility index (Phi) is 5.05. The molecule has 2 aromatic rings. The van der Waals surface area contributed by atoms with Crippen molar-refractivity contribution in [1.82, 2.24) is 10.1 Å². The van der Waals surface area contributed by atoms with Gasteiger partial charge in [0.05, 0.1) is 6.61 Å². The van der Waals surface area contributed by atoms with Crippen molar-refractivity contribution in [2.45, 2.75) is 18.9 Å². The molecular formula is C13H15ClFN3O2. The quantitative estimate of drug-likeness (QED) is 0.882. The van der Waals surface area contributed by atoms with Gasteiger partial charge in [-0.2, -0.15) is 4.98 Å². The lowest BCUT2D eigenvalue weighted by atomic mass is 10.1. The zero-order valence-corrected chi connectivity index (χ0v) is 11.7. The van der Waals surface area contributed by atoms with Crippen LogP contribution in [0.2, 0.25) is 5.02 Å². The molecule has 2 rings (SSSR count). The van der Waals surface area contributed by atoms with Gasteiger partial charge in [-0.05, 0) is 17.7 Å². The molecular weight excluding hydrogens is 285 g/mol. The number of aromatic nitrogens is 2. The largest absolute Gasteiger partial charge is 0.383 e. The molecule has 0 radical (unpaired) electrons. The molecule has 0 saturated carbocycles. The van der Waals surface area contributed by atoms with E-state index in [0.29, 0.717) is 36.2 Å². The molecule has 0 aliphatic heterocycles. The molecule has 1 aromatic heterocycles. The van der Waals surface area contributed by atoms with Crippen molar-refractivity contribution >= 4 is 11.6 Å². The highest BCUT2D eigenvalue weighted by Gasteiger charge is 2.12. The summed E-state index contributed by atoms with van der Waals surface area (Å²) >= 11 is 5.95. The van der Waals surface area contributed by atoms with Crippen molar-refractivity contribution in [3.05, 3.63) is 46.3 Å². The lowest BCUT2D eigenvalue weighted by Crippen LogP contribution is -2.28. The fourth-order valence-electron chi connectivity index (χ4n) is 1.78. The van der Waals surface area contributed by atoms with Crippen molar-refractivity contribution in [2.24, 2.45) is 5.73 Å². The number of nitrogens with two attached hydrogens (primary N) is 1. The van der Waals surface area contributed by atoms with Crippen molar-refractivity contribution in [2.75, 3.05) is 13.7 Å². The van der Waals surface area contributed by atoms with E-state index < -0.39 is 0 Å². The lowest BCUT2D eigenvalue weighted by molar-refractivity contribution is 0.176. The zero-order valence-electron chi connectivity index (χ0n) is 11.0. The van der Waals surface area contributed by atoms with Crippen LogP contribution in [0, 0.1) is 5.82 Å². The van der Waals surface area contributed by atoms with Crippen molar-refractivity contribution in [3.8, 4) is 0 Å². The number of rotatable bonds is 6. The normalized spacial score (nSPS) is 12.6. The third-order valence-electron chi connectivity index (χ3n) is 2.69. The molecule has 0 saturated heterocycles. The number of ether oxygens (including phenoxy) is 1. The highest BCUT2D eigenvalue weighted by molar-refractivity contribution is 6.31. The molecule has 1 atom stereocenters. The molecule has 20 heavy (non-hydrogen) atoms. The van der Waals surface area contributed by atoms with Gasteiger partial charge in [-0.3, -0.25) is 0 Å². The molecule has 108 valence electrons. The van der Waals surface area contributed by atoms with Crippen molar-refractivity contribution in [3.63, 3.8) is 0 Å². The van der Waals surface area contributed by atoms with Gasteiger partial charge in [-0.15, -0.1) is 0 Å². The van der Waals surface area contributed by atoms with Gasteiger partial charge in [0.25, 0.3) is 0 Å². The predicted molar refractivity (Wildman–Crippen MR) is 72.1 cm³/mol. The smallest absolute Gasteiger partial charge is 0.228 e. The first-order valence-electron chi connectivity index (χ1n) is 6.08. The Morgan fingerprint density at radius 3 is 3.00 bits per heavy atom. The SMILES string of the molecule is COCC(N)Cc1nc(Cc2ccc(F)cc2Cl)no1. The Morgan fingerprint density at radius 1 is 1.50 bits per heavy atom. The summed E-state index contributed by atoms with van der Waals surface area (Å²) in [5, 5.41) is 4.19. The second kappa shape index (κ2) is 6.78. The van der Waals surface area contributed by atoms with Crippen molar-refractivity contribution < 1.29 is 13.7 Å². The first kappa shape index (κ1) is 14.9. The van der Waals surface area contributed by atoms with Crippen LogP contribution in [0.25, 0.3) is 0 Å². The van der Waals surface area contributed by atoms with E-state index in [9.17, 15) is 4.39 Å². The highest BCUT2D eigenvalue weighted by atomic mass is 35.5. The van der Waals surface area contributed by atoms with E-state index in [4.69, 9.17) is 26.6 Å². The van der Waals surface area contributed by atoms with Crippen LogP contribution in [0.5, 0.6) is 0 Å². The standard InChI is InChI=1S/C13H15ClFN3O2/c1-19-7-10(16)6-13-17-12(18-20-13)4-8-2-3-9(15)5-11(8)14/h2-3,5,10H,4,6-7,16H2,1H3. The van der Waals surface area contributed by atoms with Crippen LogP contribution in [0.15, 0.2) is 22.7 Å². The fourth-order valence-corrected chi connectivity index (χ4v) is 2.01. The molecule has 1 aromatic carbocycles. The average Bonchev–Trinajstić information content (AvgIpc) is 2.80. The van der Waals surface area contributed by atoms with Crippen LogP contribution in [-0.4, -0.2) is 29.9 Å². The van der Waals surface area contributed by atoms with Gasteiger partial charge in [-0.1, -0.05) is 22.8 Å². The average molecular weight is 300 g/mol. The minimum atomic E-state index is -0.377. The minimum absolute atomic E-state index is 0.192. The molecule has 0 bridgehead atoms. The van der Waals surface area contributed by atoms with Crippen LogP contribution < -0.4 is 5.73 Å². The Morgan fingerprint density at radius 2 is 2.30 bits per heavy atom. The van der Waals surface area contributed by atoms with E-state index in [0.717, 1.165) is 5.56 Å². The monoisotopic (exact) mass is 299 g/mol. The third kappa shape index (κ3) is 4.00. The number of hydrogen-bond acceptors (Lipinski definition) is 5. The van der Waals surface area contributed by atoms with Gasteiger partial charge in [0.1, 0.15) is 5.82 Å². The number of benzene rings is 1. The second-order valence-corrected chi connectivity index (χ2v) is 4.84. The molecule has 1 unspecified atom stereocenters. The zero-order chi connectivity index (χ0) is 14.5. The maximum absolute atomic E-state index is 12.9. The van der Waals surface area contributed by atoms with Crippen LogP contribution in [0.3, 0.4) is 0 Å². The summed E-state index contributed by atoms with van der Waals surface area (Å²) in [6.07, 6.45) is 0.820. The molecule has 0 spiro atoms. The molecule has 5 nitrogen and oxygen atoms in total. The molecule has 0 aliphatic rings. The van der Waals surface area contributed by atoms with Crippen LogP contribution in [0.4, 0.5) is 4.39 Å².